The topological polar surface area (TPSA) is 72.2 Å². The largest absolute Gasteiger partial charge is 0.361 e. The molecule has 0 saturated carbocycles. The number of sulfone groups is 1. The van der Waals surface area contributed by atoms with E-state index in [2.05, 4.69) is 10.5 Å². The highest BCUT2D eigenvalue weighted by molar-refractivity contribution is 7.90. The summed E-state index contributed by atoms with van der Waals surface area (Å²) < 4.78 is 42.1. The van der Waals surface area contributed by atoms with Gasteiger partial charge in [0.05, 0.1) is 5.69 Å². The third-order valence-electron chi connectivity index (χ3n) is 3.88. The van der Waals surface area contributed by atoms with Crippen LogP contribution in [0.4, 0.5) is 4.39 Å². The summed E-state index contributed by atoms with van der Waals surface area (Å²) >= 11 is 0. The van der Waals surface area contributed by atoms with Crippen LogP contribution >= 0.6 is 0 Å². The zero-order chi connectivity index (χ0) is 17.4. The molecule has 0 aliphatic heterocycles. The first-order valence-electron chi connectivity index (χ1n) is 7.29. The van der Waals surface area contributed by atoms with E-state index in [1.165, 1.54) is 12.1 Å². The number of aryl methyl sites for hydroxylation is 2. The minimum absolute atomic E-state index is 0.0334. The van der Waals surface area contributed by atoms with Crippen molar-refractivity contribution in [3.05, 3.63) is 46.6 Å². The van der Waals surface area contributed by atoms with Crippen LogP contribution in [0.5, 0.6) is 0 Å². The Balaban J connectivity index is 2.21. The van der Waals surface area contributed by atoms with Gasteiger partial charge in [-0.2, -0.15) is 0 Å². The predicted molar refractivity (Wildman–Crippen MR) is 85.5 cm³/mol. The molecular weight excluding hydrogens is 319 g/mol. The lowest BCUT2D eigenvalue weighted by atomic mass is 10.0. The first-order chi connectivity index (χ1) is 10.6. The zero-order valence-corrected chi connectivity index (χ0v) is 14.7. The van der Waals surface area contributed by atoms with Crippen molar-refractivity contribution in [1.82, 2.24) is 10.5 Å². The SMILES string of the molecule is Cc1noc(C)c1[C@H](C)N[C@H](C)c1ccc(S(C)(=O)=O)c(F)c1. The number of halogens is 1. The number of benzene rings is 1. The van der Waals surface area contributed by atoms with Crippen LogP contribution in [0.25, 0.3) is 0 Å². The number of nitrogens with zero attached hydrogens (tertiary/aromatic N) is 1. The maximum atomic E-state index is 14.0. The van der Waals surface area contributed by atoms with Gasteiger partial charge in [0.1, 0.15) is 16.5 Å². The van der Waals surface area contributed by atoms with Crippen LogP contribution < -0.4 is 5.32 Å². The molecule has 0 bridgehead atoms. The number of hydrogen-bond acceptors (Lipinski definition) is 5. The van der Waals surface area contributed by atoms with Crippen molar-refractivity contribution in [1.29, 1.82) is 0 Å². The quantitative estimate of drug-likeness (QED) is 0.904. The molecule has 126 valence electrons. The molecule has 0 aliphatic rings. The van der Waals surface area contributed by atoms with Gasteiger partial charge in [0, 0.05) is 23.9 Å². The Bertz CT molecular complexity index is 795. The van der Waals surface area contributed by atoms with Crippen molar-refractivity contribution in [2.24, 2.45) is 0 Å². The minimum atomic E-state index is -3.56. The van der Waals surface area contributed by atoms with Crippen LogP contribution in [0.1, 0.15) is 48.5 Å². The van der Waals surface area contributed by atoms with Gasteiger partial charge in [-0.1, -0.05) is 11.2 Å². The molecule has 23 heavy (non-hydrogen) atoms. The molecule has 1 aromatic carbocycles. The maximum absolute atomic E-state index is 14.0. The van der Waals surface area contributed by atoms with E-state index < -0.39 is 15.7 Å². The van der Waals surface area contributed by atoms with Gasteiger partial charge in [-0.05, 0) is 45.4 Å². The van der Waals surface area contributed by atoms with Gasteiger partial charge >= 0.3 is 0 Å². The molecule has 2 atom stereocenters. The summed E-state index contributed by atoms with van der Waals surface area (Å²) in [7, 11) is -3.56. The molecular formula is C16H21FN2O3S. The smallest absolute Gasteiger partial charge is 0.178 e. The number of nitrogens with one attached hydrogen (secondary N) is 1. The summed E-state index contributed by atoms with van der Waals surface area (Å²) in [5, 5.41) is 7.28. The monoisotopic (exact) mass is 340 g/mol. The van der Waals surface area contributed by atoms with Crippen LogP contribution in [0.2, 0.25) is 0 Å². The molecule has 0 aliphatic carbocycles. The zero-order valence-electron chi connectivity index (χ0n) is 13.8. The van der Waals surface area contributed by atoms with E-state index in [1.54, 1.807) is 6.07 Å². The van der Waals surface area contributed by atoms with Gasteiger partial charge in [-0.15, -0.1) is 0 Å². The normalized spacial score (nSPS) is 14.7. The lowest BCUT2D eigenvalue weighted by Crippen LogP contribution is -2.23. The van der Waals surface area contributed by atoms with Crippen molar-refractivity contribution in [2.45, 2.75) is 44.7 Å². The summed E-state index contributed by atoms with van der Waals surface area (Å²) in [6, 6.07) is 3.99. The summed E-state index contributed by atoms with van der Waals surface area (Å²) in [6.45, 7) is 7.59. The Morgan fingerprint density at radius 3 is 2.35 bits per heavy atom. The van der Waals surface area contributed by atoms with E-state index in [1.807, 2.05) is 27.7 Å². The van der Waals surface area contributed by atoms with Crippen LogP contribution in [0, 0.1) is 19.7 Å². The molecule has 0 amide bonds. The average Bonchev–Trinajstić information content (AvgIpc) is 2.76. The first kappa shape index (κ1) is 17.6. The van der Waals surface area contributed by atoms with E-state index in [-0.39, 0.29) is 17.0 Å². The second kappa shape index (κ2) is 6.41. The van der Waals surface area contributed by atoms with Crippen molar-refractivity contribution < 1.29 is 17.3 Å². The van der Waals surface area contributed by atoms with Gasteiger partial charge in [0.15, 0.2) is 9.84 Å². The van der Waals surface area contributed by atoms with Crippen molar-refractivity contribution in [3.63, 3.8) is 0 Å². The molecule has 7 heteroatoms. The number of rotatable bonds is 5. The summed E-state index contributed by atoms with van der Waals surface area (Å²) in [6.07, 6.45) is 0.992. The van der Waals surface area contributed by atoms with Crippen molar-refractivity contribution >= 4 is 9.84 Å². The Morgan fingerprint density at radius 1 is 1.22 bits per heavy atom. The Hall–Kier alpha value is -1.73. The molecule has 2 aromatic rings. The molecule has 0 radical (unpaired) electrons. The van der Waals surface area contributed by atoms with E-state index in [0.29, 0.717) is 5.56 Å². The lowest BCUT2D eigenvalue weighted by molar-refractivity contribution is 0.389. The second-order valence-electron chi connectivity index (χ2n) is 5.81. The highest BCUT2D eigenvalue weighted by atomic mass is 32.2. The van der Waals surface area contributed by atoms with Gasteiger partial charge in [-0.25, -0.2) is 12.8 Å². The Labute approximate surface area is 135 Å². The van der Waals surface area contributed by atoms with E-state index in [0.717, 1.165) is 23.3 Å². The fourth-order valence-electron chi connectivity index (χ4n) is 2.75. The highest BCUT2D eigenvalue weighted by Gasteiger charge is 2.20. The minimum Gasteiger partial charge on any atom is -0.361 e. The Kier molecular flexibility index (Phi) is 4.91. The first-order valence-corrected chi connectivity index (χ1v) is 9.18. The molecule has 2 rings (SSSR count). The molecule has 1 N–H and O–H groups in total. The molecule has 5 nitrogen and oxygen atoms in total. The van der Waals surface area contributed by atoms with Gasteiger partial charge in [0.2, 0.25) is 0 Å². The van der Waals surface area contributed by atoms with Gasteiger partial charge in [-0.3, -0.25) is 0 Å². The van der Waals surface area contributed by atoms with Crippen molar-refractivity contribution in [2.75, 3.05) is 6.26 Å². The fraction of sp³-hybridized carbons (Fsp3) is 0.438. The molecule has 0 spiro atoms. The third kappa shape index (κ3) is 3.79. The lowest BCUT2D eigenvalue weighted by Gasteiger charge is -2.21. The predicted octanol–water partition coefficient (Wildman–Crippen LogP) is 3.25. The summed E-state index contributed by atoms with van der Waals surface area (Å²) in [5.41, 5.74) is 2.46. The number of aromatic nitrogens is 1. The maximum Gasteiger partial charge on any atom is 0.178 e. The molecule has 1 aromatic heterocycles. The standard InChI is InChI=1S/C16H21FN2O3S/c1-9(18-10(2)16-11(3)19-22-12(16)4)13-6-7-15(14(17)8-13)23(5,20)21/h6-10,18H,1-5H3/t9-,10+/m1/s1. The summed E-state index contributed by atoms with van der Waals surface area (Å²) in [5.74, 6) is 0.0111. The fourth-order valence-corrected chi connectivity index (χ4v) is 3.48. The molecule has 0 unspecified atom stereocenters. The van der Waals surface area contributed by atoms with Crippen LogP contribution in [-0.2, 0) is 9.84 Å². The summed E-state index contributed by atoms with van der Waals surface area (Å²) in [4.78, 5) is -0.285. The Morgan fingerprint density at radius 2 is 1.87 bits per heavy atom. The van der Waals surface area contributed by atoms with Crippen LogP contribution in [0.15, 0.2) is 27.6 Å². The molecule has 1 heterocycles. The van der Waals surface area contributed by atoms with E-state index in [4.69, 9.17) is 4.52 Å². The van der Waals surface area contributed by atoms with E-state index >= 15 is 0 Å². The number of hydrogen-bond donors (Lipinski definition) is 1. The van der Waals surface area contributed by atoms with Crippen LogP contribution in [-0.4, -0.2) is 19.8 Å². The van der Waals surface area contributed by atoms with Crippen molar-refractivity contribution in [3.8, 4) is 0 Å². The molecule has 0 fully saturated rings. The molecule has 0 saturated heterocycles. The van der Waals surface area contributed by atoms with Gasteiger partial charge in [0.25, 0.3) is 0 Å². The van der Waals surface area contributed by atoms with Crippen LogP contribution in [0.3, 0.4) is 0 Å². The van der Waals surface area contributed by atoms with E-state index in [9.17, 15) is 12.8 Å². The van der Waals surface area contributed by atoms with Gasteiger partial charge < -0.3 is 9.84 Å². The third-order valence-corrected chi connectivity index (χ3v) is 5.01. The average molecular weight is 340 g/mol. The highest BCUT2D eigenvalue weighted by Crippen LogP contribution is 2.26. The second-order valence-corrected chi connectivity index (χ2v) is 7.79.